The van der Waals surface area contributed by atoms with E-state index in [4.69, 9.17) is 10.5 Å². The normalized spacial score (nSPS) is 23.0. The molecule has 1 aliphatic rings. The van der Waals surface area contributed by atoms with Crippen LogP contribution < -0.4 is 5.73 Å². The number of hydrogen-bond donors (Lipinski definition) is 1. The number of ether oxygens (including phenoxy) is 1. The minimum absolute atomic E-state index is 0.536. The average Bonchev–Trinajstić information content (AvgIpc) is 2.07. The zero-order chi connectivity index (χ0) is 8.97. The van der Waals surface area contributed by atoms with E-state index in [0.29, 0.717) is 12.0 Å². The molecule has 1 atom stereocenters. The summed E-state index contributed by atoms with van der Waals surface area (Å²) in [5.41, 5.74) is 5.72. The lowest BCUT2D eigenvalue weighted by Gasteiger charge is -2.36. The van der Waals surface area contributed by atoms with E-state index < -0.39 is 0 Å². The van der Waals surface area contributed by atoms with E-state index in [-0.39, 0.29) is 0 Å². The van der Waals surface area contributed by atoms with Gasteiger partial charge in [-0.25, -0.2) is 0 Å². The smallest absolute Gasteiger partial charge is 0.0594 e. The van der Waals surface area contributed by atoms with E-state index in [1.54, 1.807) is 0 Å². The monoisotopic (exact) mass is 172 g/mol. The van der Waals surface area contributed by atoms with Gasteiger partial charge in [-0.15, -0.1) is 0 Å². The van der Waals surface area contributed by atoms with Crippen molar-refractivity contribution < 1.29 is 4.74 Å². The molecule has 3 nitrogen and oxygen atoms in total. The van der Waals surface area contributed by atoms with Crippen LogP contribution in [0.2, 0.25) is 0 Å². The highest BCUT2D eigenvalue weighted by molar-refractivity contribution is 4.77. The Labute approximate surface area is 74.9 Å². The SMILES string of the molecule is CC(C)C(CN)N1CCOCC1. The molecule has 0 amide bonds. The number of morpholine rings is 1. The van der Waals surface area contributed by atoms with Crippen molar-refractivity contribution in [3.8, 4) is 0 Å². The van der Waals surface area contributed by atoms with Gasteiger partial charge in [-0.05, 0) is 5.92 Å². The van der Waals surface area contributed by atoms with Gasteiger partial charge >= 0.3 is 0 Å². The topological polar surface area (TPSA) is 38.5 Å². The minimum atomic E-state index is 0.536. The summed E-state index contributed by atoms with van der Waals surface area (Å²) in [5.74, 6) is 0.646. The van der Waals surface area contributed by atoms with Gasteiger partial charge in [-0.2, -0.15) is 0 Å². The van der Waals surface area contributed by atoms with Gasteiger partial charge in [0.2, 0.25) is 0 Å². The summed E-state index contributed by atoms with van der Waals surface area (Å²) in [6.07, 6.45) is 0. The highest BCUT2D eigenvalue weighted by atomic mass is 16.5. The maximum Gasteiger partial charge on any atom is 0.0594 e. The Balaban J connectivity index is 2.40. The third-order valence-electron chi connectivity index (χ3n) is 2.53. The predicted octanol–water partition coefficient (Wildman–Crippen LogP) is 0.302. The molecule has 72 valence electrons. The van der Waals surface area contributed by atoms with Gasteiger partial charge in [0.1, 0.15) is 0 Å². The molecular formula is C9H20N2O. The maximum atomic E-state index is 5.72. The van der Waals surface area contributed by atoms with E-state index in [9.17, 15) is 0 Å². The first-order valence-electron chi connectivity index (χ1n) is 4.77. The van der Waals surface area contributed by atoms with Crippen molar-refractivity contribution in [1.82, 2.24) is 4.90 Å². The van der Waals surface area contributed by atoms with Crippen LogP contribution in [-0.2, 0) is 4.74 Å². The third-order valence-corrected chi connectivity index (χ3v) is 2.53. The summed E-state index contributed by atoms with van der Waals surface area (Å²) >= 11 is 0. The summed E-state index contributed by atoms with van der Waals surface area (Å²) in [5, 5.41) is 0. The number of rotatable bonds is 3. The zero-order valence-corrected chi connectivity index (χ0v) is 8.12. The van der Waals surface area contributed by atoms with Crippen molar-refractivity contribution in [3.05, 3.63) is 0 Å². The molecule has 0 bridgehead atoms. The van der Waals surface area contributed by atoms with E-state index in [0.717, 1.165) is 32.8 Å². The van der Waals surface area contributed by atoms with Crippen LogP contribution in [0.3, 0.4) is 0 Å². The molecule has 1 rings (SSSR count). The molecule has 1 saturated heterocycles. The van der Waals surface area contributed by atoms with Crippen molar-refractivity contribution in [2.24, 2.45) is 11.7 Å². The maximum absolute atomic E-state index is 5.72. The lowest BCUT2D eigenvalue weighted by Crippen LogP contribution is -2.49. The molecule has 2 N–H and O–H groups in total. The molecule has 1 unspecified atom stereocenters. The number of nitrogens with two attached hydrogens (primary N) is 1. The fourth-order valence-electron chi connectivity index (χ4n) is 1.75. The number of hydrogen-bond acceptors (Lipinski definition) is 3. The predicted molar refractivity (Wildman–Crippen MR) is 50.1 cm³/mol. The molecule has 0 aromatic rings. The lowest BCUT2D eigenvalue weighted by molar-refractivity contribution is 0.00858. The van der Waals surface area contributed by atoms with Crippen LogP contribution in [0.25, 0.3) is 0 Å². The Morgan fingerprint density at radius 1 is 1.33 bits per heavy atom. The third kappa shape index (κ3) is 2.44. The molecule has 0 saturated carbocycles. The van der Waals surface area contributed by atoms with Crippen molar-refractivity contribution in [1.29, 1.82) is 0 Å². The van der Waals surface area contributed by atoms with Crippen LogP contribution in [-0.4, -0.2) is 43.8 Å². The number of nitrogens with zero attached hydrogens (tertiary/aromatic N) is 1. The first kappa shape index (κ1) is 9.96. The van der Waals surface area contributed by atoms with Crippen molar-refractivity contribution in [2.45, 2.75) is 19.9 Å². The second-order valence-electron chi connectivity index (χ2n) is 3.70. The van der Waals surface area contributed by atoms with E-state index in [2.05, 4.69) is 18.7 Å². The van der Waals surface area contributed by atoms with Gasteiger partial charge < -0.3 is 10.5 Å². The molecule has 1 heterocycles. The zero-order valence-electron chi connectivity index (χ0n) is 8.12. The Kier molecular flexibility index (Phi) is 3.98. The summed E-state index contributed by atoms with van der Waals surface area (Å²) in [4.78, 5) is 2.44. The molecule has 0 aromatic carbocycles. The van der Waals surface area contributed by atoms with Crippen molar-refractivity contribution in [2.75, 3.05) is 32.8 Å². The van der Waals surface area contributed by atoms with Crippen LogP contribution in [0.15, 0.2) is 0 Å². The largest absolute Gasteiger partial charge is 0.379 e. The molecule has 0 aliphatic carbocycles. The van der Waals surface area contributed by atoms with Crippen LogP contribution in [0.5, 0.6) is 0 Å². The Bertz CT molecular complexity index is 122. The highest BCUT2D eigenvalue weighted by Crippen LogP contribution is 2.11. The van der Waals surface area contributed by atoms with E-state index in [1.165, 1.54) is 0 Å². The molecule has 0 radical (unpaired) electrons. The summed E-state index contributed by atoms with van der Waals surface area (Å²) < 4.78 is 5.29. The molecule has 1 aliphatic heterocycles. The Morgan fingerprint density at radius 2 is 1.92 bits per heavy atom. The van der Waals surface area contributed by atoms with Gasteiger partial charge in [-0.3, -0.25) is 4.90 Å². The van der Waals surface area contributed by atoms with Gasteiger partial charge in [0.15, 0.2) is 0 Å². The molecule has 1 fully saturated rings. The van der Waals surface area contributed by atoms with Gasteiger partial charge in [-0.1, -0.05) is 13.8 Å². The lowest BCUT2D eigenvalue weighted by atomic mass is 10.0. The van der Waals surface area contributed by atoms with Crippen LogP contribution in [0.1, 0.15) is 13.8 Å². The van der Waals surface area contributed by atoms with E-state index in [1.807, 2.05) is 0 Å². The molecule has 3 heteroatoms. The standard InChI is InChI=1S/C9H20N2O/c1-8(2)9(7-10)11-3-5-12-6-4-11/h8-9H,3-7,10H2,1-2H3. The highest BCUT2D eigenvalue weighted by Gasteiger charge is 2.21. The first-order valence-corrected chi connectivity index (χ1v) is 4.77. The molecular weight excluding hydrogens is 152 g/mol. The second kappa shape index (κ2) is 4.80. The molecule has 0 aromatic heterocycles. The fourth-order valence-corrected chi connectivity index (χ4v) is 1.75. The quantitative estimate of drug-likeness (QED) is 0.665. The van der Waals surface area contributed by atoms with Crippen LogP contribution >= 0.6 is 0 Å². The fraction of sp³-hybridized carbons (Fsp3) is 1.00. The van der Waals surface area contributed by atoms with Crippen molar-refractivity contribution in [3.63, 3.8) is 0 Å². The molecule has 12 heavy (non-hydrogen) atoms. The first-order chi connectivity index (χ1) is 5.75. The molecule has 0 spiro atoms. The van der Waals surface area contributed by atoms with Crippen molar-refractivity contribution >= 4 is 0 Å². The summed E-state index contributed by atoms with van der Waals surface area (Å²) in [7, 11) is 0. The Hall–Kier alpha value is -0.120. The van der Waals surface area contributed by atoms with Crippen LogP contribution in [0, 0.1) is 5.92 Å². The van der Waals surface area contributed by atoms with Gasteiger partial charge in [0.25, 0.3) is 0 Å². The second-order valence-corrected chi connectivity index (χ2v) is 3.70. The average molecular weight is 172 g/mol. The van der Waals surface area contributed by atoms with Gasteiger partial charge in [0, 0.05) is 25.7 Å². The summed E-state index contributed by atoms with van der Waals surface area (Å²) in [6.45, 7) is 9.03. The Morgan fingerprint density at radius 3 is 2.33 bits per heavy atom. The van der Waals surface area contributed by atoms with Gasteiger partial charge in [0.05, 0.1) is 13.2 Å². The van der Waals surface area contributed by atoms with Crippen LogP contribution in [0.4, 0.5) is 0 Å². The summed E-state index contributed by atoms with van der Waals surface area (Å²) in [6, 6.07) is 0.536. The van der Waals surface area contributed by atoms with E-state index >= 15 is 0 Å². The minimum Gasteiger partial charge on any atom is -0.379 e.